The van der Waals surface area contributed by atoms with Crippen molar-refractivity contribution in [1.29, 1.82) is 0 Å². The molecule has 2 N–H and O–H groups in total. The molecule has 0 saturated heterocycles. The van der Waals surface area contributed by atoms with E-state index in [1.165, 1.54) is 14.0 Å². The zero-order valence-electron chi connectivity index (χ0n) is 11.7. The number of carbonyl (C=O) groups excluding carboxylic acids is 1. The van der Waals surface area contributed by atoms with Gasteiger partial charge in [-0.2, -0.15) is 12.6 Å². The lowest BCUT2D eigenvalue weighted by Crippen LogP contribution is -2.55. The van der Waals surface area contributed by atoms with E-state index in [4.69, 9.17) is 9.84 Å². The summed E-state index contributed by atoms with van der Waals surface area (Å²) in [6.45, 7) is 3.19. The van der Waals surface area contributed by atoms with Gasteiger partial charge in [0.15, 0.2) is 0 Å². The van der Waals surface area contributed by atoms with E-state index in [0.29, 0.717) is 0 Å². The van der Waals surface area contributed by atoms with Gasteiger partial charge in [0.25, 0.3) is 0 Å². The molecule has 0 unspecified atom stereocenters. The van der Waals surface area contributed by atoms with E-state index in [0.717, 1.165) is 11.1 Å². The van der Waals surface area contributed by atoms with Crippen LogP contribution in [0.1, 0.15) is 24.0 Å². The summed E-state index contributed by atoms with van der Waals surface area (Å²) in [6.07, 6.45) is 0. The zero-order valence-corrected chi connectivity index (χ0v) is 12.6. The standard InChI is InChI=1S/C14H19NO4S/c1-9-6-4-5-7-10(9)11(8-20)12(16)15-14(2,19-3)13(17)18/h4-7,11,20H,8H2,1-3H3,(H,15,16)(H,17,18)/t11-,14+/m0/s1. The van der Waals surface area contributed by atoms with Gasteiger partial charge in [0.2, 0.25) is 11.6 Å². The number of carboxylic acids is 1. The average Bonchev–Trinajstić information content (AvgIpc) is 2.41. The molecule has 6 heteroatoms. The summed E-state index contributed by atoms with van der Waals surface area (Å²) < 4.78 is 4.87. The Balaban J connectivity index is 3.00. The van der Waals surface area contributed by atoms with Crippen molar-refractivity contribution in [2.24, 2.45) is 0 Å². The molecule has 20 heavy (non-hydrogen) atoms. The quantitative estimate of drug-likeness (QED) is 0.550. The first-order valence-electron chi connectivity index (χ1n) is 6.12. The number of carbonyl (C=O) groups is 2. The molecule has 0 aromatic heterocycles. The van der Waals surface area contributed by atoms with Crippen LogP contribution in [0.4, 0.5) is 0 Å². The van der Waals surface area contributed by atoms with E-state index >= 15 is 0 Å². The highest BCUT2D eigenvalue weighted by Gasteiger charge is 2.37. The summed E-state index contributed by atoms with van der Waals surface area (Å²) >= 11 is 4.20. The van der Waals surface area contributed by atoms with Gasteiger partial charge in [0, 0.05) is 12.9 Å². The van der Waals surface area contributed by atoms with Gasteiger partial charge in [-0.1, -0.05) is 24.3 Å². The van der Waals surface area contributed by atoms with Crippen LogP contribution in [0, 0.1) is 6.92 Å². The van der Waals surface area contributed by atoms with Crippen LogP contribution in [0.2, 0.25) is 0 Å². The number of thiol groups is 1. The van der Waals surface area contributed by atoms with Gasteiger partial charge in [0.05, 0.1) is 5.92 Å². The van der Waals surface area contributed by atoms with Crippen LogP contribution in [0.15, 0.2) is 24.3 Å². The van der Waals surface area contributed by atoms with Crippen LogP contribution in [0.3, 0.4) is 0 Å². The molecule has 0 aliphatic carbocycles. The number of benzene rings is 1. The van der Waals surface area contributed by atoms with Crippen LogP contribution in [0.5, 0.6) is 0 Å². The number of carboxylic acid groups (broad SMARTS) is 1. The second-order valence-electron chi connectivity index (χ2n) is 4.62. The van der Waals surface area contributed by atoms with Crippen molar-refractivity contribution in [3.8, 4) is 0 Å². The number of aliphatic carboxylic acids is 1. The molecule has 1 aromatic carbocycles. The van der Waals surface area contributed by atoms with E-state index in [1.807, 2.05) is 31.2 Å². The van der Waals surface area contributed by atoms with E-state index in [9.17, 15) is 9.59 Å². The molecule has 0 fully saturated rings. The molecular formula is C14H19NO4S. The first-order chi connectivity index (χ1) is 9.35. The van der Waals surface area contributed by atoms with E-state index in [-0.39, 0.29) is 5.75 Å². The molecule has 0 aliphatic heterocycles. The fourth-order valence-corrected chi connectivity index (χ4v) is 2.18. The lowest BCUT2D eigenvalue weighted by Gasteiger charge is -2.27. The summed E-state index contributed by atoms with van der Waals surface area (Å²) in [6, 6.07) is 7.44. The number of aryl methyl sites for hydroxylation is 1. The van der Waals surface area contributed by atoms with Crippen LogP contribution >= 0.6 is 12.6 Å². The van der Waals surface area contributed by atoms with Crippen molar-refractivity contribution in [3.05, 3.63) is 35.4 Å². The number of hydrogen-bond acceptors (Lipinski definition) is 4. The predicted molar refractivity (Wildman–Crippen MR) is 79.0 cm³/mol. The molecule has 0 spiro atoms. The molecule has 2 atom stereocenters. The van der Waals surface area contributed by atoms with Crippen molar-refractivity contribution in [2.45, 2.75) is 25.5 Å². The van der Waals surface area contributed by atoms with Gasteiger partial charge in [-0.25, -0.2) is 4.79 Å². The highest BCUT2D eigenvalue weighted by Crippen LogP contribution is 2.22. The van der Waals surface area contributed by atoms with Crippen molar-refractivity contribution in [1.82, 2.24) is 5.32 Å². The third-order valence-corrected chi connectivity index (χ3v) is 3.61. The largest absolute Gasteiger partial charge is 0.478 e. The molecule has 0 saturated carbocycles. The van der Waals surface area contributed by atoms with Crippen molar-refractivity contribution in [3.63, 3.8) is 0 Å². The van der Waals surface area contributed by atoms with Crippen molar-refractivity contribution >= 4 is 24.5 Å². The van der Waals surface area contributed by atoms with Crippen LogP contribution < -0.4 is 5.32 Å². The van der Waals surface area contributed by atoms with E-state index in [2.05, 4.69) is 17.9 Å². The molecule has 1 aromatic rings. The second kappa shape index (κ2) is 6.76. The van der Waals surface area contributed by atoms with Gasteiger partial charge < -0.3 is 15.2 Å². The number of methoxy groups -OCH3 is 1. The predicted octanol–water partition coefficient (Wildman–Crippen LogP) is 1.57. The van der Waals surface area contributed by atoms with Crippen molar-refractivity contribution in [2.75, 3.05) is 12.9 Å². The summed E-state index contributed by atoms with van der Waals surface area (Å²) in [4.78, 5) is 23.4. The zero-order chi connectivity index (χ0) is 15.3. The Morgan fingerprint density at radius 1 is 1.45 bits per heavy atom. The number of hydrogen-bond donors (Lipinski definition) is 3. The summed E-state index contributed by atoms with van der Waals surface area (Å²) in [5.74, 6) is -1.94. The molecule has 1 rings (SSSR count). The topological polar surface area (TPSA) is 75.6 Å². The number of rotatable bonds is 6. The fraction of sp³-hybridized carbons (Fsp3) is 0.429. The average molecular weight is 297 g/mol. The Morgan fingerprint density at radius 2 is 2.05 bits per heavy atom. The molecule has 0 heterocycles. The van der Waals surface area contributed by atoms with Crippen LogP contribution in [0.25, 0.3) is 0 Å². The SMILES string of the molecule is CO[C@@](C)(NC(=O)[C@@H](CS)c1ccccc1C)C(=O)O. The number of ether oxygens (including phenoxy) is 1. The smallest absolute Gasteiger partial charge is 0.357 e. The maximum Gasteiger partial charge on any atom is 0.357 e. The molecule has 1 amide bonds. The molecule has 110 valence electrons. The van der Waals surface area contributed by atoms with Crippen LogP contribution in [-0.2, 0) is 14.3 Å². The highest BCUT2D eigenvalue weighted by atomic mass is 32.1. The van der Waals surface area contributed by atoms with Gasteiger partial charge in [0.1, 0.15) is 0 Å². The Kier molecular flexibility index (Phi) is 5.59. The lowest BCUT2D eigenvalue weighted by atomic mass is 9.95. The Labute approximate surface area is 123 Å². The maximum absolute atomic E-state index is 12.3. The highest BCUT2D eigenvalue weighted by molar-refractivity contribution is 7.80. The molecule has 0 bridgehead atoms. The molecule has 5 nitrogen and oxygen atoms in total. The minimum atomic E-state index is -1.75. The summed E-state index contributed by atoms with van der Waals surface area (Å²) in [5, 5.41) is 11.5. The third kappa shape index (κ3) is 3.52. The first kappa shape index (κ1) is 16.5. The Bertz CT molecular complexity index is 506. The van der Waals surface area contributed by atoms with E-state index in [1.54, 1.807) is 0 Å². The van der Waals surface area contributed by atoms with Crippen LogP contribution in [-0.4, -0.2) is 35.6 Å². The Hall–Kier alpha value is -1.53. The van der Waals surface area contributed by atoms with Gasteiger partial charge >= 0.3 is 5.97 Å². The number of nitrogens with one attached hydrogen (secondary N) is 1. The van der Waals surface area contributed by atoms with Gasteiger partial charge in [-0.05, 0) is 25.0 Å². The second-order valence-corrected chi connectivity index (χ2v) is 4.99. The van der Waals surface area contributed by atoms with E-state index < -0.39 is 23.5 Å². The minimum Gasteiger partial charge on any atom is -0.478 e. The van der Waals surface area contributed by atoms with Crippen molar-refractivity contribution < 1.29 is 19.4 Å². The normalized spacial score (nSPS) is 15.2. The lowest BCUT2D eigenvalue weighted by molar-refractivity contribution is -0.167. The first-order valence-corrected chi connectivity index (χ1v) is 6.76. The molecule has 0 radical (unpaired) electrons. The maximum atomic E-state index is 12.3. The van der Waals surface area contributed by atoms with Gasteiger partial charge in [-0.3, -0.25) is 4.79 Å². The number of amides is 1. The molecule has 0 aliphatic rings. The Morgan fingerprint density at radius 3 is 2.50 bits per heavy atom. The third-order valence-electron chi connectivity index (χ3n) is 3.24. The minimum absolute atomic E-state index is 0.274. The monoisotopic (exact) mass is 297 g/mol. The summed E-state index contributed by atoms with van der Waals surface area (Å²) in [5.41, 5.74) is 0.0287. The fourth-order valence-electron chi connectivity index (χ4n) is 1.81. The summed E-state index contributed by atoms with van der Waals surface area (Å²) in [7, 11) is 1.23. The molecular weight excluding hydrogens is 278 g/mol. The van der Waals surface area contributed by atoms with Gasteiger partial charge in [-0.15, -0.1) is 0 Å².